The molecule has 0 radical (unpaired) electrons. The number of halogens is 3. The molecule has 3 amide bonds. The summed E-state index contributed by atoms with van der Waals surface area (Å²) in [6, 6.07) is -1.23. The standard InChI is InChI=1S/C19H16F3N5O8S3/c1-3-36-12-6(2)38-15-10(14(31)27(15)11(12)16(32)33)24-13(30)9(26-35-4-8(28)29)7-5-37-18(23-7)25-17(34)19(20,21)22/h3,5-6,10,15H,1,4H2,2H3,(H,24,30)(H,28,29)(H,32,33)(H,23,25,34)/t6?,10?,15-/m1/s1. The van der Waals surface area contributed by atoms with Gasteiger partial charge in [-0.15, -0.1) is 23.1 Å². The monoisotopic (exact) mass is 595 g/mol. The zero-order valence-electron chi connectivity index (χ0n) is 18.8. The number of amides is 3. The Hall–Kier alpha value is -3.58. The van der Waals surface area contributed by atoms with Crippen molar-refractivity contribution in [1.82, 2.24) is 15.2 Å². The number of oxime groups is 1. The highest BCUT2D eigenvalue weighted by Crippen LogP contribution is 2.47. The van der Waals surface area contributed by atoms with Crippen molar-refractivity contribution in [2.75, 3.05) is 11.9 Å². The molecular formula is C19H16F3N5O8S3. The number of rotatable bonds is 10. The number of aromatic nitrogens is 1. The van der Waals surface area contributed by atoms with Crippen LogP contribution in [0.5, 0.6) is 0 Å². The Labute approximate surface area is 223 Å². The number of alkyl halides is 3. The predicted octanol–water partition coefficient (Wildman–Crippen LogP) is 1.41. The topological polar surface area (TPSA) is 188 Å². The summed E-state index contributed by atoms with van der Waals surface area (Å²) in [6.45, 7) is 4.27. The van der Waals surface area contributed by atoms with E-state index in [0.29, 0.717) is 16.2 Å². The Balaban J connectivity index is 1.84. The summed E-state index contributed by atoms with van der Waals surface area (Å²) in [5.74, 6) is -7.01. The number of β-lactam (4-membered cyclic amide) rings is 1. The van der Waals surface area contributed by atoms with Crippen LogP contribution in [0.3, 0.4) is 0 Å². The highest BCUT2D eigenvalue weighted by atomic mass is 32.2. The van der Waals surface area contributed by atoms with Gasteiger partial charge >= 0.3 is 24.0 Å². The number of carboxylic acids is 2. The van der Waals surface area contributed by atoms with Gasteiger partial charge in [-0.1, -0.05) is 23.5 Å². The molecule has 0 bridgehead atoms. The molecule has 2 aliphatic rings. The number of thiazole rings is 1. The molecule has 3 heterocycles. The summed E-state index contributed by atoms with van der Waals surface area (Å²) in [5.41, 5.74) is -1.35. The molecule has 204 valence electrons. The van der Waals surface area contributed by atoms with Gasteiger partial charge in [-0.05, 0) is 12.3 Å². The maximum Gasteiger partial charge on any atom is 0.471 e. The maximum atomic E-state index is 13.0. The van der Waals surface area contributed by atoms with Crippen molar-refractivity contribution in [3.8, 4) is 0 Å². The van der Waals surface area contributed by atoms with Crippen molar-refractivity contribution in [3.05, 3.63) is 33.7 Å². The molecule has 3 rings (SSSR count). The number of carbonyl (C=O) groups excluding carboxylic acids is 3. The number of carbonyl (C=O) groups is 5. The molecule has 1 saturated heterocycles. The first kappa shape index (κ1) is 29.0. The summed E-state index contributed by atoms with van der Waals surface area (Å²) in [6.07, 6.45) is -5.21. The van der Waals surface area contributed by atoms with Crippen LogP contribution in [0.15, 0.2) is 33.1 Å². The minimum Gasteiger partial charge on any atom is -0.479 e. The zero-order chi connectivity index (χ0) is 28.4. The molecule has 0 spiro atoms. The SMILES string of the molecule is C=CSC1=C(C(=O)O)N2C(=O)C(NC(=O)C(=NOCC(=O)O)c3csc(NC(=O)C(F)(F)F)n3)[C@H]2SC1C. The summed E-state index contributed by atoms with van der Waals surface area (Å²) in [5, 5.41) is 26.4. The van der Waals surface area contributed by atoms with Crippen LogP contribution in [0, 0.1) is 0 Å². The molecule has 19 heteroatoms. The maximum absolute atomic E-state index is 13.0. The number of hydrogen-bond donors (Lipinski definition) is 4. The molecule has 1 aromatic heterocycles. The Morgan fingerprint density at radius 3 is 2.61 bits per heavy atom. The minimum atomic E-state index is -5.21. The number of nitrogens with zero attached hydrogens (tertiary/aromatic N) is 3. The van der Waals surface area contributed by atoms with Crippen LogP contribution in [0.25, 0.3) is 0 Å². The van der Waals surface area contributed by atoms with Crippen molar-refractivity contribution in [3.63, 3.8) is 0 Å². The van der Waals surface area contributed by atoms with Gasteiger partial charge in [0.15, 0.2) is 10.8 Å². The van der Waals surface area contributed by atoms with Crippen LogP contribution < -0.4 is 10.6 Å². The number of aliphatic carboxylic acids is 2. The fourth-order valence-electron chi connectivity index (χ4n) is 3.18. The smallest absolute Gasteiger partial charge is 0.471 e. The van der Waals surface area contributed by atoms with Crippen LogP contribution >= 0.6 is 34.9 Å². The molecule has 1 aromatic rings. The lowest BCUT2D eigenvalue weighted by Crippen LogP contribution is -2.71. The van der Waals surface area contributed by atoms with Crippen molar-refractivity contribution in [2.24, 2.45) is 5.16 Å². The van der Waals surface area contributed by atoms with Gasteiger partial charge in [0.2, 0.25) is 6.61 Å². The largest absolute Gasteiger partial charge is 0.479 e. The lowest BCUT2D eigenvalue weighted by atomic mass is 10.0. The van der Waals surface area contributed by atoms with Gasteiger partial charge in [-0.25, -0.2) is 14.6 Å². The van der Waals surface area contributed by atoms with Gasteiger partial charge in [0, 0.05) is 15.5 Å². The van der Waals surface area contributed by atoms with Crippen molar-refractivity contribution in [1.29, 1.82) is 0 Å². The minimum absolute atomic E-state index is 0.259. The van der Waals surface area contributed by atoms with E-state index in [0.717, 1.165) is 22.0 Å². The lowest BCUT2D eigenvalue weighted by molar-refractivity contribution is -0.167. The lowest BCUT2D eigenvalue weighted by Gasteiger charge is -2.50. The fraction of sp³-hybridized carbons (Fsp3) is 0.316. The fourth-order valence-corrected chi connectivity index (χ4v) is 6.20. The van der Waals surface area contributed by atoms with Gasteiger partial charge in [0.05, 0.1) is 0 Å². The van der Waals surface area contributed by atoms with E-state index >= 15 is 0 Å². The quantitative estimate of drug-likeness (QED) is 0.174. The van der Waals surface area contributed by atoms with E-state index in [1.807, 2.05) is 0 Å². The van der Waals surface area contributed by atoms with Gasteiger partial charge in [-0.3, -0.25) is 24.6 Å². The second kappa shape index (κ2) is 11.4. The molecule has 0 aromatic carbocycles. The van der Waals surface area contributed by atoms with Crippen LogP contribution in [-0.4, -0.2) is 84.9 Å². The number of carboxylic acid groups (broad SMARTS) is 2. The van der Waals surface area contributed by atoms with E-state index in [1.54, 1.807) is 6.92 Å². The van der Waals surface area contributed by atoms with E-state index in [4.69, 9.17) is 5.11 Å². The predicted molar refractivity (Wildman–Crippen MR) is 129 cm³/mol. The van der Waals surface area contributed by atoms with Gasteiger partial charge < -0.3 is 20.4 Å². The number of hydrogen-bond acceptors (Lipinski definition) is 11. The van der Waals surface area contributed by atoms with Gasteiger partial charge in [0.1, 0.15) is 22.8 Å². The molecule has 2 unspecified atom stereocenters. The van der Waals surface area contributed by atoms with Gasteiger partial charge in [0.25, 0.3) is 11.8 Å². The third-order valence-electron chi connectivity index (χ3n) is 4.71. The first-order valence-electron chi connectivity index (χ1n) is 10.1. The van der Waals surface area contributed by atoms with E-state index in [1.165, 1.54) is 22.5 Å². The third kappa shape index (κ3) is 6.10. The molecule has 4 N–H and O–H groups in total. The molecule has 3 atom stereocenters. The molecular weight excluding hydrogens is 579 g/mol. The first-order valence-corrected chi connectivity index (χ1v) is 12.8. The zero-order valence-corrected chi connectivity index (χ0v) is 21.3. The second-order valence-corrected chi connectivity index (χ2v) is 10.6. The van der Waals surface area contributed by atoms with Crippen LogP contribution in [-0.2, 0) is 28.8 Å². The first-order chi connectivity index (χ1) is 17.8. The number of nitrogens with one attached hydrogen (secondary N) is 2. The highest BCUT2D eigenvalue weighted by Gasteiger charge is 2.56. The Morgan fingerprint density at radius 2 is 2.03 bits per heavy atom. The number of anilines is 1. The summed E-state index contributed by atoms with van der Waals surface area (Å²) in [4.78, 5) is 69.3. The van der Waals surface area contributed by atoms with Crippen LogP contribution in [0.4, 0.5) is 18.3 Å². The van der Waals surface area contributed by atoms with Gasteiger partial charge in [-0.2, -0.15) is 13.2 Å². The highest BCUT2D eigenvalue weighted by molar-refractivity contribution is 8.08. The Kier molecular flexibility index (Phi) is 8.72. The van der Waals surface area contributed by atoms with Crippen molar-refractivity contribution in [2.45, 2.75) is 29.8 Å². The normalized spacial score (nSPS) is 21.3. The molecule has 38 heavy (non-hydrogen) atoms. The number of thioether (sulfide) groups is 2. The van der Waals surface area contributed by atoms with Crippen molar-refractivity contribution < 1.29 is 52.2 Å². The molecule has 0 aliphatic carbocycles. The summed E-state index contributed by atoms with van der Waals surface area (Å²) in [7, 11) is 0. The van der Waals surface area contributed by atoms with E-state index in [-0.39, 0.29) is 16.6 Å². The summed E-state index contributed by atoms with van der Waals surface area (Å²) >= 11 is 2.74. The average molecular weight is 596 g/mol. The second-order valence-electron chi connectivity index (χ2n) is 7.23. The van der Waals surface area contributed by atoms with E-state index in [2.05, 4.69) is 26.9 Å². The van der Waals surface area contributed by atoms with Crippen LogP contribution in [0.2, 0.25) is 0 Å². The Bertz CT molecular complexity index is 1260. The molecule has 1 fully saturated rings. The number of fused-ring (bicyclic) bond motifs is 1. The molecule has 2 aliphatic heterocycles. The van der Waals surface area contributed by atoms with Crippen molar-refractivity contribution >= 4 is 75.4 Å². The van der Waals surface area contributed by atoms with E-state index in [9.17, 15) is 42.3 Å². The Morgan fingerprint density at radius 1 is 1.34 bits per heavy atom. The average Bonchev–Trinajstić information content (AvgIpc) is 3.28. The molecule has 13 nitrogen and oxygen atoms in total. The van der Waals surface area contributed by atoms with Crippen LogP contribution in [0.1, 0.15) is 12.6 Å². The summed E-state index contributed by atoms with van der Waals surface area (Å²) < 4.78 is 37.6. The molecule has 0 saturated carbocycles. The third-order valence-corrected chi connectivity index (χ3v) is 7.99. The van der Waals surface area contributed by atoms with E-state index < -0.39 is 64.7 Å².